The number of benzene rings is 2. The molecule has 0 saturated carbocycles. The standard InChI is InChI=1S/C30H36F2N2/c1-18(2)8-9-23-10-11-24(16-26(23)31)28-20(5)21(6)29(30(32)22(28)7)25-12-13-27(34-17-25)33-15-14-19(3)4/h10-14,16-18H,8-9,15H2,1-7H3,(H,33,34). The molecule has 0 bridgehead atoms. The van der Waals surface area contributed by atoms with Gasteiger partial charge in [-0.2, -0.15) is 0 Å². The number of allylic oxidation sites excluding steroid dienone is 1. The van der Waals surface area contributed by atoms with E-state index in [4.69, 9.17) is 0 Å². The van der Waals surface area contributed by atoms with Gasteiger partial charge in [0.05, 0.1) is 0 Å². The van der Waals surface area contributed by atoms with E-state index < -0.39 is 0 Å². The summed E-state index contributed by atoms with van der Waals surface area (Å²) >= 11 is 0. The quantitative estimate of drug-likeness (QED) is 0.339. The van der Waals surface area contributed by atoms with Gasteiger partial charge in [-0.25, -0.2) is 13.8 Å². The van der Waals surface area contributed by atoms with E-state index in [0.29, 0.717) is 41.1 Å². The minimum absolute atomic E-state index is 0.223. The molecule has 3 rings (SSSR count). The third kappa shape index (κ3) is 5.72. The van der Waals surface area contributed by atoms with Crippen LogP contribution in [0.15, 0.2) is 48.2 Å². The topological polar surface area (TPSA) is 24.9 Å². The Kier molecular flexibility index (Phi) is 8.24. The highest BCUT2D eigenvalue weighted by atomic mass is 19.1. The van der Waals surface area contributed by atoms with Gasteiger partial charge in [0.1, 0.15) is 17.5 Å². The van der Waals surface area contributed by atoms with Crippen LogP contribution in [0.4, 0.5) is 14.6 Å². The van der Waals surface area contributed by atoms with Crippen LogP contribution in [0, 0.1) is 38.3 Å². The third-order valence-corrected chi connectivity index (χ3v) is 6.41. The average molecular weight is 463 g/mol. The number of aromatic nitrogens is 1. The molecule has 1 aromatic heterocycles. The van der Waals surface area contributed by atoms with Gasteiger partial charge in [0.2, 0.25) is 0 Å². The molecule has 1 heterocycles. The van der Waals surface area contributed by atoms with Crippen LogP contribution in [-0.4, -0.2) is 11.5 Å². The van der Waals surface area contributed by atoms with Crippen molar-refractivity contribution in [2.75, 3.05) is 11.9 Å². The summed E-state index contributed by atoms with van der Waals surface area (Å²) in [4.78, 5) is 4.47. The lowest BCUT2D eigenvalue weighted by atomic mass is 9.86. The minimum atomic E-state index is -0.283. The van der Waals surface area contributed by atoms with E-state index in [1.807, 2.05) is 52.0 Å². The predicted octanol–water partition coefficient (Wildman–Crippen LogP) is 8.59. The van der Waals surface area contributed by atoms with Crippen molar-refractivity contribution in [3.63, 3.8) is 0 Å². The first kappa shape index (κ1) is 25.6. The summed E-state index contributed by atoms with van der Waals surface area (Å²) in [5.41, 5.74) is 7.03. The molecule has 0 aliphatic rings. The SMILES string of the molecule is CC(C)=CCNc1ccc(-c2c(C)c(C)c(-c3ccc(CCC(C)C)c(F)c3)c(C)c2F)cn1. The van der Waals surface area contributed by atoms with Gasteiger partial charge in [0, 0.05) is 23.9 Å². The van der Waals surface area contributed by atoms with Crippen LogP contribution < -0.4 is 5.32 Å². The fraction of sp³-hybridized carbons (Fsp3) is 0.367. The highest BCUT2D eigenvalue weighted by Crippen LogP contribution is 2.39. The first-order chi connectivity index (χ1) is 16.1. The van der Waals surface area contributed by atoms with E-state index in [2.05, 4.69) is 30.2 Å². The summed E-state index contributed by atoms with van der Waals surface area (Å²) in [5.74, 6) is 0.760. The van der Waals surface area contributed by atoms with Crippen molar-refractivity contribution < 1.29 is 8.78 Å². The molecule has 0 aliphatic heterocycles. The number of anilines is 1. The smallest absolute Gasteiger partial charge is 0.134 e. The minimum Gasteiger partial charge on any atom is -0.367 e. The van der Waals surface area contributed by atoms with Crippen LogP contribution in [0.1, 0.15) is 56.4 Å². The zero-order valence-electron chi connectivity index (χ0n) is 21.4. The number of aryl methyl sites for hydroxylation is 1. The second-order valence-electron chi connectivity index (χ2n) is 9.77. The van der Waals surface area contributed by atoms with E-state index in [1.165, 1.54) is 5.57 Å². The van der Waals surface area contributed by atoms with Gasteiger partial charge >= 0.3 is 0 Å². The molecule has 34 heavy (non-hydrogen) atoms. The Morgan fingerprint density at radius 2 is 1.62 bits per heavy atom. The van der Waals surface area contributed by atoms with E-state index >= 15 is 4.39 Å². The molecule has 0 saturated heterocycles. The lowest BCUT2D eigenvalue weighted by molar-refractivity contribution is 0.558. The normalized spacial score (nSPS) is 11.1. The van der Waals surface area contributed by atoms with Crippen molar-refractivity contribution >= 4 is 5.82 Å². The molecule has 180 valence electrons. The molecule has 0 unspecified atom stereocenters. The van der Waals surface area contributed by atoms with Gasteiger partial charge in [-0.1, -0.05) is 37.6 Å². The largest absolute Gasteiger partial charge is 0.367 e. The van der Waals surface area contributed by atoms with Crippen molar-refractivity contribution in [1.29, 1.82) is 0 Å². The number of halogens is 2. The lowest BCUT2D eigenvalue weighted by Gasteiger charge is -2.19. The Bertz CT molecular complexity index is 1160. The maximum absolute atomic E-state index is 15.7. The molecule has 0 fully saturated rings. The van der Waals surface area contributed by atoms with Gasteiger partial charge in [-0.3, -0.25) is 0 Å². The van der Waals surface area contributed by atoms with E-state index in [-0.39, 0.29) is 11.6 Å². The number of hydrogen-bond acceptors (Lipinski definition) is 2. The second-order valence-corrected chi connectivity index (χ2v) is 9.77. The van der Waals surface area contributed by atoms with Gasteiger partial charge in [-0.05, 0) is 105 Å². The molecule has 2 nitrogen and oxygen atoms in total. The van der Waals surface area contributed by atoms with Crippen LogP contribution in [-0.2, 0) is 6.42 Å². The van der Waals surface area contributed by atoms with Crippen LogP contribution in [0.25, 0.3) is 22.3 Å². The monoisotopic (exact) mass is 462 g/mol. The summed E-state index contributed by atoms with van der Waals surface area (Å²) < 4.78 is 30.6. The molecule has 4 heteroatoms. The van der Waals surface area contributed by atoms with Crippen molar-refractivity contribution in [3.8, 4) is 22.3 Å². The zero-order chi connectivity index (χ0) is 25.0. The van der Waals surface area contributed by atoms with E-state index in [9.17, 15) is 4.39 Å². The molecule has 0 spiro atoms. The zero-order valence-corrected chi connectivity index (χ0v) is 21.4. The van der Waals surface area contributed by atoms with Crippen molar-refractivity contribution in [1.82, 2.24) is 4.98 Å². The fourth-order valence-corrected chi connectivity index (χ4v) is 4.25. The molecular weight excluding hydrogens is 426 g/mol. The Labute approximate surface area is 203 Å². The van der Waals surface area contributed by atoms with Gasteiger partial charge in [0.25, 0.3) is 0 Å². The predicted molar refractivity (Wildman–Crippen MR) is 140 cm³/mol. The Balaban J connectivity index is 1.96. The molecule has 3 aromatic rings. The maximum Gasteiger partial charge on any atom is 0.134 e. The first-order valence-corrected chi connectivity index (χ1v) is 12.0. The van der Waals surface area contributed by atoms with Gasteiger partial charge < -0.3 is 5.32 Å². The number of nitrogens with one attached hydrogen (secondary N) is 1. The number of pyridine rings is 1. The van der Waals surface area contributed by atoms with Crippen molar-refractivity contribution in [3.05, 3.63) is 82.1 Å². The number of rotatable bonds is 8. The molecule has 0 aliphatic carbocycles. The van der Waals surface area contributed by atoms with Gasteiger partial charge in [0.15, 0.2) is 0 Å². The van der Waals surface area contributed by atoms with Crippen LogP contribution in [0.2, 0.25) is 0 Å². The number of nitrogens with zero attached hydrogens (tertiary/aromatic N) is 1. The molecule has 1 N–H and O–H groups in total. The molecular formula is C30H36F2N2. The summed E-state index contributed by atoms with van der Waals surface area (Å²) in [6.45, 7) is 14.7. The summed E-state index contributed by atoms with van der Waals surface area (Å²) in [5, 5.41) is 3.25. The summed E-state index contributed by atoms with van der Waals surface area (Å²) in [6.07, 6.45) is 5.44. The summed E-state index contributed by atoms with van der Waals surface area (Å²) in [7, 11) is 0. The summed E-state index contributed by atoms with van der Waals surface area (Å²) in [6, 6.07) is 9.08. The van der Waals surface area contributed by atoms with Crippen molar-refractivity contribution in [2.45, 2.75) is 61.3 Å². The number of hydrogen-bond donors (Lipinski definition) is 1. The fourth-order valence-electron chi connectivity index (χ4n) is 4.25. The Hall–Kier alpha value is -3.01. The van der Waals surface area contributed by atoms with E-state index in [1.54, 1.807) is 19.2 Å². The van der Waals surface area contributed by atoms with Crippen molar-refractivity contribution in [2.24, 2.45) is 5.92 Å². The second kappa shape index (κ2) is 10.9. The van der Waals surface area contributed by atoms with E-state index in [0.717, 1.165) is 34.5 Å². The average Bonchev–Trinajstić information content (AvgIpc) is 2.78. The molecule has 0 atom stereocenters. The molecule has 0 radical (unpaired) electrons. The Morgan fingerprint density at radius 1 is 0.941 bits per heavy atom. The van der Waals surface area contributed by atoms with Crippen LogP contribution in [0.5, 0.6) is 0 Å². The maximum atomic E-state index is 15.7. The highest BCUT2D eigenvalue weighted by molar-refractivity contribution is 5.80. The lowest BCUT2D eigenvalue weighted by Crippen LogP contribution is -2.03. The highest BCUT2D eigenvalue weighted by Gasteiger charge is 2.20. The van der Waals surface area contributed by atoms with Gasteiger partial charge in [-0.15, -0.1) is 0 Å². The first-order valence-electron chi connectivity index (χ1n) is 12.0. The molecule has 2 aromatic carbocycles. The molecule has 0 amide bonds. The Morgan fingerprint density at radius 3 is 2.21 bits per heavy atom. The van der Waals surface area contributed by atoms with Crippen LogP contribution in [0.3, 0.4) is 0 Å². The van der Waals surface area contributed by atoms with Crippen LogP contribution >= 0.6 is 0 Å². The third-order valence-electron chi connectivity index (χ3n) is 6.41.